The highest BCUT2D eigenvalue weighted by Crippen LogP contribution is 2.39. The zero-order valence-electron chi connectivity index (χ0n) is 14.6. The van der Waals surface area contributed by atoms with Crippen LogP contribution in [0, 0.1) is 5.41 Å². The summed E-state index contributed by atoms with van der Waals surface area (Å²) in [5.74, 6) is -0.164. The molecule has 1 aromatic carbocycles. The topological polar surface area (TPSA) is 83.9 Å². The van der Waals surface area contributed by atoms with Gasteiger partial charge in [0.15, 0.2) is 9.84 Å². The van der Waals surface area contributed by atoms with Gasteiger partial charge in [-0.1, -0.05) is 13.8 Å². The highest BCUT2D eigenvalue weighted by molar-refractivity contribution is 7.90. The summed E-state index contributed by atoms with van der Waals surface area (Å²) >= 11 is 0. The van der Waals surface area contributed by atoms with Crippen molar-refractivity contribution in [3.63, 3.8) is 0 Å². The van der Waals surface area contributed by atoms with Gasteiger partial charge in [0.2, 0.25) is 0 Å². The summed E-state index contributed by atoms with van der Waals surface area (Å²) in [6, 6.07) is 5.95. The van der Waals surface area contributed by atoms with Crippen molar-refractivity contribution in [3.05, 3.63) is 29.8 Å². The molecule has 0 spiro atoms. The van der Waals surface area contributed by atoms with Gasteiger partial charge in [-0.15, -0.1) is 0 Å². The van der Waals surface area contributed by atoms with Crippen LogP contribution in [0.25, 0.3) is 0 Å². The van der Waals surface area contributed by atoms with Crippen LogP contribution in [0.3, 0.4) is 0 Å². The van der Waals surface area contributed by atoms with Crippen molar-refractivity contribution in [2.75, 3.05) is 33.1 Å². The van der Waals surface area contributed by atoms with E-state index in [1.165, 1.54) is 24.3 Å². The number of piperidine rings is 1. The molecule has 1 heterocycles. The van der Waals surface area contributed by atoms with Crippen LogP contribution in [-0.2, 0) is 14.6 Å². The Kier molecular flexibility index (Phi) is 5.09. The van der Waals surface area contributed by atoms with E-state index in [0.29, 0.717) is 25.1 Å². The van der Waals surface area contributed by atoms with E-state index >= 15 is 0 Å². The van der Waals surface area contributed by atoms with E-state index in [1.54, 1.807) is 12.0 Å². The summed E-state index contributed by atoms with van der Waals surface area (Å²) in [7, 11) is -1.73. The molecule has 1 N–H and O–H groups in total. The van der Waals surface area contributed by atoms with Crippen molar-refractivity contribution in [2.24, 2.45) is 5.41 Å². The zero-order chi connectivity index (χ0) is 18.2. The molecule has 0 aliphatic carbocycles. The molecule has 1 fully saturated rings. The van der Waals surface area contributed by atoms with Crippen LogP contribution in [0.15, 0.2) is 29.2 Å². The number of amides is 1. The van der Waals surface area contributed by atoms with Gasteiger partial charge in [-0.25, -0.2) is 8.42 Å². The number of aliphatic hydroxyl groups is 1. The molecule has 2 rings (SSSR count). The lowest BCUT2D eigenvalue weighted by atomic mass is 9.70. The van der Waals surface area contributed by atoms with Crippen molar-refractivity contribution in [1.29, 1.82) is 0 Å². The fraction of sp³-hybridized carbons (Fsp3) is 0.588. The maximum atomic E-state index is 12.7. The van der Waals surface area contributed by atoms with Gasteiger partial charge in [0.1, 0.15) is 0 Å². The minimum atomic E-state index is -3.28. The summed E-state index contributed by atoms with van der Waals surface area (Å²) in [5.41, 5.74) is -1.04. The molecule has 1 aliphatic rings. The van der Waals surface area contributed by atoms with Gasteiger partial charge in [-0.05, 0) is 30.7 Å². The van der Waals surface area contributed by atoms with E-state index < -0.39 is 20.9 Å². The normalized spacial score (nSPS) is 24.0. The molecule has 0 saturated carbocycles. The number of carbonyl (C=O) groups is 1. The fourth-order valence-electron chi connectivity index (χ4n) is 3.07. The Morgan fingerprint density at radius 2 is 1.88 bits per heavy atom. The predicted molar refractivity (Wildman–Crippen MR) is 90.7 cm³/mol. The quantitative estimate of drug-likeness (QED) is 0.881. The molecular formula is C17H25NO5S. The molecule has 1 atom stereocenters. The van der Waals surface area contributed by atoms with E-state index in [-0.39, 0.29) is 17.4 Å². The van der Waals surface area contributed by atoms with Crippen LogP contribution >= 0.6 is 0 Å². The number of carbonyl (C=O) groups excluding carboxylic acids is 1. The molecule has 0 bridgehead atoms. The van der Waals surface area contributed by atoms with Gasteiger partial charge in [-0.3, -0.25) is 4.79 Å². The number of likely N-dealkylation sites (tertiary alicyclic amines) is 1. The average molecular weight is 355 g/mol. The number of hydrogen-bond donors (Lipinski definition) is 1. The van der Waals surface area contributed by atoms with Crippen LogP contribution < -0.4 is 0 Å². The Morgan fingerprint density at radius 1 is 1.29 bits per heavy atom. The molecule has 1 amide bonds. The number of rotatable bonds is 4. The Labute approximate surface area is 143 Å². The lowest BCUT2D eigenvalue weighted by Crippen LogP contribution is -2.60. The van der Waals surface area contributed by atoms with Crippen molar-refractivity contribution in [2.45, 2.75) is 30.8 Å². The third-order valence-corrected chi connectivity index (χ3v) is 5.97. The molecular weight excluding hydrogens is 330 g/mol. The Hall–Kier alpha value is -1.44. The van der Waals surface area contributed by atoms with Crippen LogP contribution in [0.4, 0.5) is 0 Å². The lowest BCUT2D eigenvalue weighted by Gasteiger charge is -2.49. The third kappa shape index (κ3) is 3.63. The maximum Gasteiger partial charge on any atom is 0.253 e. The van der Waals surface area contributed by atoms with E-state index in [1.807, 2.05) is 13.8 Å². The molecule has 0 aromatic heterocycles. The predicted octanol–water partition coefficient (Wildman–Crippen LogP) is 1.34. The smallest absolute Gasteiger partial charge is 0.253 e. The van der Waals surface area contributed by atoms with Crippen LogP contribution in [0.1, 0.15) is 30.6 Å². The summed E-state index contributed by atoms with van der Waals surface area (Å²) in [5, 5.41) is 10.8. The number of benzene rings is 1. The standard InChI is InChI=1S/C17H25NO5S/c1-16(2)11-18(10-9-17(16,20)12-23-3)15(19)13-5-7-14(8-6-13)24(4,21)22/h5-8,20H,9-12H2,1-4H3/t17-/m1/s1. The average Bonchev–Trinajstić information content (AvgIpc) is 2.49. The highest BCUT2D eigenvalue weighted by atomic mass is 32.2. The number of nitrogens with zero attached hydrogens (tertiary/aromatic N) is 1. The second-order valence-corrected chi connectivity index (χ2v) is 9.14. The molecule has 134 valence electrons. The first kappa shape index (κ1) is 18.9. The van der Waals surface area contributed by atoms with Crippen molar-refractivity contribution >= 4 is 15.7 Å². The lowest BCUT2D eigenvalue weighted by molar-refractivity contribution is -0.144. The first-order valence-corrected chi connectivity index (χ1v) is 9.70. The van der Waals surface area contributed by atoms with Crippen molar-refractivity contribution < 1.29 is 23.1 Å². The Morgan fingerprint density at radius 3 is 2.33 bits per heavy atom. The van der Waals surface area contributed by atoms with Crippen molar-refractivity contribution in [1.82, 2.24) is 4.90 Å². The van der Waals surface area contributed by atoms with E-state index in [2.05, 4.69) is 0 Å². The van der Waals surface area contributed by atoms with Gasteiger partial charge in [0, 0.05) is 37.4 Å². The summed E-state index contributed by atoms with van der Waals surface area (Å²) in [6.07, 6.45) is 1.56. The summed E-state index contributed by atoms with van der Waals surface area (Å²) < 4.78 is 28.1. The van der Waals surface area contributed by atoms with Crippen LogP contribution in [0.5, 0.6) is 0 Å². The van der Waals surface area contributed by atoms with E-state index in [4.69, 9.17) is 4.74 Å². The number of ether oxygens (including phenoxy) is 1. The monoisotopic (exact) mass is 355 g/mol. The van der Waals surface area contributed by atoms with Crippen LogP contribution in [0.2, 0.25) is 0 Å². The first-order valence-electron chi connectivity index (χ1n) is 7.81. The Balaban J connectivity index is 2.17. The molecule has 0 unspecified atom stereocenters. The van der Waals surface area contributed by atoms with Gasteiger partial charge in [0.05, 0.1) is 17.1 Å². The molecule has 1 aliphatic heterocycles. The third-order valence-electron chi connectivity index (χ3n) is 4.84. The number of hydrogen-bond acceptors (Lipinski definition) is 5. The second kappa shape index (κ2) is 6.46. The molecule has 6 nitrogen and oxygen atoms in total. The molecule has 0 radical (unpaired) electrons. The maximum absolute atomic E-state index is 12.7. The van der Waals surface area contributed by atoms with E-state index in [0.717, 1.165) is 6.26 Å². The zero-order valence-corrected chi connectivity index (χ0v) is 15.4. The van der Waals surface area contributed by atoms with E-state index in [9.17, 15) is 18.3 Å². The van der Waals surface area contributed by atoms with Gasteiger partial charge < -0.3 is 14.7 Å². The second-order valence-electron chi connectivity index (χ2n) is 7.12. The minimum Gasteiger partial charge on any atom is -0.387 e. The largest absolute Gasteiger partial charge is 0.387 e. The minimum absolute atomic E-state index is 0.164. The molecule has 1 saturated heterocycles. The summed E-state index contributed by atoms with van der Waals surface area (Å²) in [6.45, 7) is 4.89. The summed E-state index contributed by atoms with van der Waals surface area (Å²) in [4.78, 5) is 14.6. The van der Waals surface area contributed by atoms with Crippen molar-refractivity contribution in [3.8, 4) is 0 Å². The first-order chi connectivity index (χ1) is 11.0. The molecule has 7 heteroatoms. The number of methoxy groups -OCH3 is 1. The highest BCUT2D eigenvalue weighted by Gasteiger charge is 2.48. The van der Waals surface area contributed by atoms with Gasteiger partial charge in [-0.2, -0.15) is 0 Å². The van der Waals surface area contributed by atoms with Gasteiger partial charge >= 0.3 is 0 Å². The van der Waals surface area contributed by atoms with Crippen LogP contribution in [-0.4, -0.2) is 63.0 Å². The Bertz CT molecular complexity index is 711. The van der Waals surface area contributed by atoms with Gasteiger partial charge in [0.25, 0.3) is 5.91 Å². The fourth-order valence-corrected chi connectivity index (χ4v) is 3.70. The molecule has 24 heavy (non-hydrogen) atoms. The number of sulfone groups is 1. The molecule has 1 aromatic rings. The SMILES string of the molecule is COC[C@]1(O)CCN(C(=O)c2ccc(S(C)(=O)=O)cc2)CC1(C)C.